The number of anilines is 1. The van der Waals surface area contributed by atoms with Crippen molar-refractivity contribution in [2.75, 3.05) is 18.5 Å². The van der Waals surface area contributed by atoms with E-state index in [1.165, 1.54) is 18.2 Å². The van der Waals surface area contributed by atoms with E-state index in [4.69, 9.17) is 4.74 Å². The van der Waals surface area contributed by atoms with Gasteiger partial charge < -0.3 is 15.4 Å². The number of hydrogen-bond acceptors (Lipinski definition) is 3. The van der Waals surface area contributed by atoms with Crippen molar-refractivity contribution in [3.63, 3.8) is 0 Å². The number of amides is 1. The lowest BCUT2D eigenvalue weighted by Crippen LogP contribution is -2.32. The molecule has 1 fully saturated rings. The average molecular weight is 266 g/mol. The van der Waals surface area contributed by atoms with Crippen LogP contribution < -0.4 is 15.4 Å². The smallest absolute Gasteiger partial charge is 0.229 e. The minimum absolute atomic E-state index is 0.0509. The Morgan fingerprint density at radius 1 is 1.58 bits per heavy atom. The highest BCUT2D eigenvalue weighted by Crippen LogP contribution is 2.27. The van der Waals surface area contributed by atoms with Crippen LogP contribution in [0.25, 0.3) is 0 Å². The number of rotatable bonds is 4. The van der Waals surface area contributed by atoms with Crippen LogP contribution in [0.2, 0.25) is 0 Å². The van der Waals surface area contributed by atoms with Gasteiger partial charge in [-0.25, -0.2) is 4.39 Å². The zero-order valence-electron chi connectivity index (χ0n) is 11.2. The van der Waals surface area contributed by atoms with E-state index in [-0.39, 0.29) is 23.7 Å². The molecule has 104 valence electrons. The van der Waals surface area contributed by atoms with Crippen molar-refractivity contribution in [1.29, 1.82) is 0 Å². The van der Waals surface area contributed by atoms with Crippen molar-refractivity contribution in [2.45, 2.75) is 26.3 Å². The van der Waals surface area contributed by atoms with Gasteiger partial charge in [-0.1, -0.05) is 0 Å². The number of hydrogen-bond donors (Lipinski definition) is 2. The molecule has 2 N–H and O–H groups in total. The second kappa shape index (κ2) is 6.02. The second-order valence-corrected chi connectivity index (χ2v) is 4.70. The molecule has 1 aromatic rings. The summed E-state index contributed by atoms with van der Waals surface area (Å²) in [4.78, 5) is 12.2. The molecule has 1 heterocycles. The van der Waals surface area contributed by atoms with E-state index in [1.54, 1.807) is 0 Å². The highest BCUT2D eigenvalue weighted by molar-refractivity contribution is 5.94. The van der Waals surface area contributed by atoms with E-state index < -0.39 is 0 Å². The number of benzene rings is 1. The van der Waals surface area contributed by atoms with Gasteiger partial charge in [0.05, 0.1) is 18.2 Å². The van der Waals surface area contributed by atoms with Crippen LogP contribution in [0, 0.1) is 11.7 Å². The Bertz CT molecular complexity index is 465. The van der Waals surface area contributed by atoms with Gasteiger partial charge in [-0.15, -0.1) is 0 Å². The molecule has 1 aliphatic rings. The Kier molecular flexibility index (Phi) is 4.37. The lowest BCUT2D eigenvalue weighted by Gasteiger charge is -2.17. The molecule has 2 rings (SSSR count). The maximum Gasteiger partial charge on any atom is 0.229 e. The topological polar surface area (TPSA) is 50.4 Å². The predicted molar refractivity (Wildman–Crippen MR) is 71.8 cm³/mol. The molecule has 0 aliphatic carbocycles. The van der Waals surface area contributed by atoms with E-state index in [9.17, 15) is 9.18 Å². The van der Waals surface area contributed by atoms with Crippen molar-refractivity contribution in [3.8, 4) is 5.75 Å². The molecule has 1 aliphatic heterocycles. The zero-order chi connectivity index (χ0) is 13.8. The quantitative estimate of drug-likeness (QED) is 0.878. The van der Waals surface area contributed by atoms with Crippen LogP contribution in [0.5, 0.6) is 5.75 Å². The minimum atomic E-state index is -0.377. The van der Waals surface area contributed by atoms with Gasteiger partial charge >= 0.3 is 0 Å². The van der Waals surface area contributed by atoms with E-state index in [0.29, 0.717) is 18.0 Å². The molecule has 0 saturated carbocycles. The maximum atomic E-state index is 13.2. The molecule has 0 spiro atoms. The first-order valence-corrected chi connectivity index (χ1v) is 6.58. The lowest BCUT2D eigenvalue weighted by molar-refractivity contribution is -0.120. The van der Waals surface area contributed by atoms with Crippen molar-refractivity contribution < 1.29 is 13.9 Å². The summed E-state index contributed by atoms with van der Waals surface area (Å²) >= 11 is 0. The molecule has 1 saturated heterocycles. The number of ether oxygens (including phenoxy) is 1. The molecule has 4 nitrogen and oxygen atoms in total. The zero-order valence-corrected chi connectivity index (χ0v) is 11.2. The molecule has 0 aromatic heterocycles. The van der Waals surface area contributed by atoms with Gasteiger partial charge in [0.25, 0.3) is 0 Å². The third-order valence-corrected chi connectivity index (χ3v) is 3.36. The number of carbonyl (C=O) groups excluding carboxylic acids is 1. The summed E-state index contributed by atoms with van der Waals surface area (Å²) in [6.07, 6.45) is 0.818. The number of carbonyl (C=O) groups is 1. The van der Waals surface area contributed by atoms with Crippen LogP contribution in [-0.2, 0) is 4.79 Å². The highest BCUT2D eigenvalue weighted by atomic mass is 19.1. The van der Waals surface area contributed by atoms with Crippen molar-refractivity contribution >= 4 is 11.6 Å². The van der Waals surface area contributed by atoms with Crippen LogP contribution in [0.4, 0.5) is 10.1 Å². The fraction of sp³-hybridized carbons (Fsp3) is 0.500. The monoisotopic (exact) mass is 266 g/mol. The molecule has 0 bridgehead atoms. The Morgan fingerprint density at radius 2 is 2.37 bits per heavy atom. The summed E-state index contributed by atoms with van der Waals surface area (Å²) in [5.74, 6) is -0.114. The molecular formula is C14H19FN2O2. The van der Waals surface area contributed by atoms with Gasteiger partial charge in [0.1, 0.15) is 11.6 Å². The first-order chi connectivity index (χ1) is 9.11. The fourth-order valence-corrected chi connectivity index (χ4v) is 2.32. The average Bonchev–Trinajstić information content (AvgIpc) is 2.79. The molecule has 1 amide bonds. The summed E-state index contributed by atoms with van der Waals surface area (Å²) in [5.41, 5.74) is 0.521. The summed E-state index contributed by atoms with van der Waals surface area (Å²) in [6, 6.07) is 4.30. The first-order valence-electron chi connectivity index (χ1n) is 6.58. The molecule has 0 radical (unpaired) electrons. The third-order valence-electron chi connectivity index (χ3n) is 3.36. The van der Waals surface area contributed by atoms with Crippen molar-refractivity contribution in [1.82, 2.24) is 5.32 Å². The first kappa shape index (κ1) is 13.8. The van der Waals surface area contributed by atoms with Crippen LogP contribution in [-0.4, -0.2) is 25.1 Å². The Hall–Kier alpha value is -1.62. The molecule has 2 unspecified atom stereocenters. The fourth-order valence-electron chi connectivity index (χ4n) is 2.32. The van der Waals surface area contributed by atoms with Gasteiger partial charge in [-0.2, -0.15) is 0 Å². The van der Waals surface area contributed by atoms with Crippen molar-refractivity contribution in [3.05, 3.63) is 24.0 Å². The Morgan fingerprint density at radius 3 is 3.00 bits per heavy atom. The Balaban J connectivity index is 2.11. The van der Waals surface area contributed by atoms with Crippen LogP contribution in [0.3, 0.4) is 0 Å². The largest absolute Gasteiger partial charge is 0.492 e. The molecule has 5 heteroatoms. The van der Waals surface area contributed by atoms with Gasteiger partial charge in [0, 0.05) is 12.1 Å². The van der Waals surface area contributed by atoms with E-state index in [1.807, 2.05) is 13.8 Å². The lowest BCUT2D eigenvalue weighted by atomic mass is 10.0. The third kappa shape index (κ3) is 3.23. The molecule has 1 aromatic carbocycles. The SMILES string of the molecule is CCOc1cc(F)ccc1NC(=O)C1CCNC1C. The highest BCUT2D eigenvalue weighted by Gasteiger charge is 2.29. The standard InChI is InChI=1S/C14H19FN2O2/c1-3-19-13-8-10(15)4-5-12(13)17-14(18)11-6-7-16-9(11)2/h4-5,8-9,11,16H,3,6-7H2,1-2H3,(H,17,18). The molecule has 2 atom stereocenters. The summed E-state index contributed by atoms with van der Waals surface area (Å²) in [6.45, 7) is 5.08. The number of halogens is 1. The Labute approximate surface area is 112 Å². The van der Waals surface area contributed by atoms with Gasteiger partial charge in [0.2, 0.25) is 5.91 Å². The van der Waals surface area contributed by atoms with Gasteiger partial charge in [0.15, 0.2) is 0 Å². The summed E-state index contributed by atoms with van der Waals surface area (Å²) < 4.78 is 18.5. The summed E-state index contributed by atoms with van der Waals surface area (Å²) in [5, 5.41) is 6.06. The molecular weight excluding hydrogens is 247 g/mol. The van der Waals surface area contributed by atoms with Crippen LogP contribution in [0.15, 0.2) is 18.2 Å². The minimum Gasteiger partial charge on any atom is -0.492 e. The predicted octanol–water partition coefficient (Wildman–Crippen LogP) is 2.16. The van der Waals surface area contributed by atoms with E-state index in [2.05, 4.69) is 10.6 Å². The van der Waals surface area contributed by atoms with Crippen molar-refractivity contribution in [2.24, 2.45) is 5.92 Å². The second-order valence-electron chi connectivity index (χ2n) is 4.70. The van der Waals surface area contributed by atoms with E-state index in [0.717, 1.165) is 13.0 Å². The van der Waals surface area contributed by atoms with Crippen LogP contribution >= 0.6 is 0 Å². The maximum absolute atomic E-state index is 13.2. The van der Waals surface area contributed by atoms with Gasteiger partial charge in [-0.05, 0) is 38.9 Å². The summed E-state index contributed by atoms with van der Waals surface area (Å²) in [7, 11) is 0. The van der Waals surface area contributed by atoms with Gasteiger partial charge in [-0.3, -0.25) is 4.79 Å². The number of nitrogens with one attached hydrogen (secondary N) is 2. The normalized spacial score (nSPS) is 22.3. The van der Waals surface area contributed by atoms with Crippen LogP contribution in [0.1, 0.15) is 20.3 Å². The van der Waals surface area contributed by atoms with E-state index >= 15 is 0 Å². The molecule has 19 heavy (non-hydrogen) atoms.